The number of para-hydroxylation sites is 2. The maximum absolute atomic E-state index is 4.88. The van der Waals surface area contributed by atoms with Gasteiger partial charge in [0.05, 0.1) is 11.0 Å². The molecule has 0 amide bonds. The summed E-state index contributed by atoms with van der Waals surface area (Å²) in [4.78, 5) is 43.7. The number of thiophene rings is 1. The lowest BCUT2D eigenvalue weighted by atomic mass is 9.92. The first kappa shape index (κ1) is 84.4. The van der Waals surface area contributed by atoms with Crippen LogP contribution >= 0.6 is 11.3 Å². The van der Waals surface area contributed by atoms with Crippen molar-refractivity contribution in [1.82, 2.24) is 49.4 Å². The Morgan fingerprint density at radius 1 is 0.136 bits per heavy atom. The van der Waals surface area contributed by atoms with E-state index >= 15 is 0 Å². The van der Waals surface area contributed by atoms with Gasteiger partial charge in [-0.05, 0) is 142 Å². The zero-order valence-electron chi connectivity index (χ0n) is 75.9. The van der Waals surface area contributed by atoms with E-state index in [9.17, 15) is 0 Å². The summed E-state index contributed by atoms with van der Waals surface area (Å²) in [5.41, 5.74) is 26.4. The summed E-state index contributed by atoms with van der Waals surface area (Å²) in [6.45, 7) is 0. The number of hydrogen-bond donors (Lipinski definition) is 0. The highest BCUT2D eigenvalue weighted by Gasteiger charge is 2.21. The predicted octanol–water partition coefficient (Wildman–Crippen LogP) is 33.5. The first-order chi connectivity index (χ1) is 69.4. The van der Waals surface area contributed by atoms with E-state index in [1.165, 1.54) is 119 Å². The van der Waals surface area contributed by atoms with Crippen LogP contribution in [0.2, 0.25) is 0 Å². The summed E-state index contributed by atoms with van der Waals surface area (Å²) in [7, 11) is 0. The van der Waals surface area contributed by atoms with Crippen molar-refractivity contribution in [1.29, 1.82) is 0 Å². The molecule has 0 saturated heterocycles. The lowest BCUT2D eigenvalue weighted by Gasteiger charge is -2.12. The molecule has 656 valence electrons. The molecule has 11 heteroatoms. The van der Waals surface area contributed by atoms with Crippen LogP contribution in [-0.4, -0.2) is 49.4 Å². The number of aromatic nitrogens is 10. The molecular weight excluding hydrogens is 1720 g/mol. The van der Waals surface area contributed by atoms with Crippen molar-refractivity contribution in [2.75, 3.05) is 0 Å². The molecule has 26 aromatic rings. The average Bonchev–Trinajstić information content (AvgIpc) is 1.46. The summed E-state index contributed by atoms with van der Waals surface area (Å²) < 4.78 is 5.01. The monoisotopic (exact) mass is 1800 g/mol. The van der Waals surface area contributed by atoms with Crippen LogP contribution in [0.1, 0.15) is 0 Å². The van der Waals surface area contributed by atoms with Crippen LogP contribution in [0.25, 0.3) is 249 Å². The SMILES string of the molecule is c1ccc(-c2nc(-c3ccccc3)nc(-c3ccc(-c4ccc(-c5ccc6c(c5)c5ccccc5n6-c5ccccc5)cc4)cc3)n2)cc1.c1ccc(-c2nc(-c3ccccc3)nc(-c3ccc(-c4ccc(-c5ccc6c7ccccc7c7ccccc7c6c5)cc4)cc3)n2)cc1.c1ccc(-c2nc(-c3ccccc3)nc(-c3ccc(-c4ccc(-c5cccc6c5sc5ccccc56)cc4)cc3)n2)cc1. The first-order valence-corrected chi connectivity index (χ1v) is 47.8. The fourth-order valence-corrected chi connectivity index (χ4v) is 20.1. The van der Waals surface area contributed by atoms with Gasteiger partial charge in [0, 0.05) is 86.7 Å². The lowest BCUT2D eigenvalue weighted by molar-refractivity contribution is 1.07. The molecule has 5 heterocycles. The van der Waals surface area contributed by atoms with Crippen molar-refractivity contribution in [3.8, 4) is 175 Å². The Bertz CT molecular complexity index is 8800. The van der Waals surface area contributed by atoms with Gasteiger partial charge in [0.1, 0.15) is 0 Å². The molecule has 21 aromatic carbocycles. The molecule has 0 radical (unpaired) electrons. The molecule has 0 saturated carbocycles. The van der Waals surface area contributed by atoms with E-state index < -0.39 is 0 Å². The Kier molecular flexibility index (Phi) is 22.8. The minimum absolute atomic E-state index is 0.651. The van der Waals surface area contributed by atoms with Gasteiger partial charge in [-0.25, -0.2) is 44.9 Å². The minimum Gasteiger partial charge on any atom is -0.309 e. The van der Waals surface area contributed by atoms with E-state index in [1.54, 1.807) is 0 Å². The van der Waals surface area contributed by atoms with Crippen LogP contribution in [0, 0.1) is 0 Å². The Balaban J connectivity index is 0.000000114. The highest BCUT2D eigenvalue weighted by atomic mass is 32.1. The van der Waals surface area contributed by atoms with Crippen molar-refractivity contribution in [3.63, 3.8) is 0 Å². The van der Waals surface area contributed by atoms with E-state index in [-0.39, 0.29) is 0 Å². The third kappa shape index (κ3) is 17.1. The second kappa shape index (κ2) is 37.7. The van der Waals surface area contributed by atoms with Crippen molar-refractivity contribution in [2.24, 2.45) is 0 Å². The molecule has 0 aliphatic heterocycles. The average molecular weight is 1810 g/mol. The molecule has 0 bridgehead atoms. The summed E-state index contributed by atoms with van der Waals surface area (Å²) >= 11 is 1.87. The molecule has 10 nitrogen and oxygen atoms in total. The molecule has 0 fully saturated rings. The van der Waals surface area contributed by atoms with Gasteiger partial charge >= 0.3 is 0 Å². The van der Waals surface area contributed by atoms with E-state index in [2.05, 4.69) is 332 Å². The summed E-state index contributed by atoms with van der Waals surface area (Å²) in [5, 5.41) is 12.9. The molecular formula is C129H84N10S. The van der Waals surface area contributed by atoms with Gasteiger partial charge in [-0.2, -0.15) is 0 Å². The van der Waals surface area contributed by atoms with Gasteiger partial charge in [0.15, 0.2) is 52.4 Å². The molecule has 0 aliphatic rings. The highest BCUT2D eigenvalue weighted by molar-refractivity contribution is 7.26. The van der Waals surface area contributed by atoms with Crippen molar-refractivity contribution in [3.05, 3.63) is 510 Å². The Hall–Kier alpha value is -18.6. The standard InChI is InChI=1S/C45H30N4.C45H29N3.C39H25N3S/c1-4-12-34(13-5-1)43-46-44(35-14-6-2-7-15-35)48-45(47-43)36-26-24-32(25-27-36)31-20-22-33(23-21-31)37-28-29-42-40(30-37)39-18-10-11-19-41(39)49(42)38-16-8-3-9-17-38;1-3-11-33(12-4-1)43-46-44(34-13-5-2-6-14-34)48-45(47-43)35-25-23-31(24-26-35)30-19-21-32(22-20-30)36-27-28-41-39-17-8-7-15-37(39)38-16-9-10-18-40(38)42(41)29-36;1-3-10-29(11-4-1)37-40-38(30-12-5-2-6-13-30)42-39(41-37)31-24-20-27(21-25-31)26-18-22-28(23-19-26)32-15-9-16-34-33-14-7-8-17-35(33)43-36(32)34/h1-30H;1-29H;1-25H. The predicted molar refractivity (Wildman–Crippen MR) is 581 cm³/mol. The highest BCUT2D eigenvalue weighted by Crippen LogP contribution is 2.44. The van der Waals surface area contributed by atoms with Gasteiger partial charge in [-0.15, -0.1) is 11.3 Å². The number of nitrogens with zero attached hydrogens (tertiary/aromatic N) is 10. The fourth-order valence-electron chi connectivity index (χ4n) is 18.9. The van der Waals surface area contributed by atoms with Gasteiger partial charge in [-0.1, -0.05) is 467 Å². The summed E-state index contributed by atoms with van der Waals surface area (Å²) in [6.07, 6.45) is 0. The third-order valence-corrected chi connectivity index (χ3v) is 27.2. The third-order valence-electron chi connectivity index (χ3n) is 26.0. The number of benzene rings is 21. The van der Waals surface area contributed by atoms with Crippen LogP contribution in [0.5, 0.6) is 0 Å². The smallest absolute Gasteiger partial charge is 0.164 e. The largest absolute Gasteiger partial charge is 0.309 e. The second-order valence-corrected chi connectivity index (χ2v) is 35.7. The first-order valence-electron chi connectivity index (χ1n) is 46.9. The van der Waals surface area contributed by atoms with Crippen molar-refractivity contribution in [2.45, 2.75) is 0 Å². The maximum atomic E-state index is 4.88. The van der Waals surface area contributed by atoms with Gasteiger partial charge in [0.25, 0.3) is 0 Å². The van der Waals surface area contributed by atoms with Crippen molar-refractivity contribution >= 4 is 85.6 Å². The van der Waals surface area contributed by atoms with Crippen LogP contribution in [-0.2, 0) is 0 Å². The van der Waals surface area contributed by atoms with Gasteiger partial charge in [0.2, 0.25) is 0 Å². The molecule has 5 aromatic heterocycles. The molecule has 0 N–H and O–H groups in total. The lowest BCUT2D eigenvalue weighted by Crippen LogP contribution is -2.00. The van der Waals surface area contributed by atoms with Crippen LogP contribution in [0.3, 0.4) is 0 Å². The van der Waals surface area contributed by atoms with E-state index in [0.717, 1.165) is 77.9 Å². The fraction of sp³-hybridized carbons (Fsp3) is 0. The van der Waals surface area contributed by atoms with Crippen molar-refractivity contribution < 1.29 is 0 Å². The second-order valence-electron chi connectivity index (χ2n) is 34.6. The minimum atomic E-state index is 0.651. The quantitative estimate of drug-likeness (QED) is 0.0871. The summed E-state index contributed by atoms with van der Waals surface area (Å²) in [6, 6.07) is 178. The molecule has 140 heavy (non-hydrogen) atoms. The van der Waals surface area contributed by atoms with Crippen LogP contribution in [0.4, 0.5) is 0 Å². The van der Waals surface area contributed by atoms with Gasteiger partial charge < -0.3 is 4.57 Å². The molecule has 26 rings (SSSR count). The Labute approximate surface area is 813 Å². The Morgan fingerprint density at radius 3 is 0.714 bits per heavy atom. The normalized spacial score (nSPS) is 11.3. The van der Waals surface area contributed by atoms with Gasteiger partial charge in [-0.3, -0.25) is 0 Å². The zero-order chi connectivity index (χ0) is 93.0. The maximum Gasteiger partial charge on any atom is 0.164 e. The van der Waals surface area contributed by atoms with E-state index in [4.69, 9.17) is 44.9 Å². The van der Waals surface area contributed by atoms with E-state index in [0.29, 0.717) is 52.4 Å². The topological polar surface area (TPSA) is 121 Å². The van der Waals surface area contributed by atoms with Crippen LogP contribution in [0.15, 0.2) is 510 Å². The molecule has 0 spiro atoms. The molecule has 0 aliphatic carbocycles. The number of fused-ring (bicyclic) bond motifs is 12. The Morgan fingerprint density at radius 2 is 0.364 bits per heavy atom. The summed E-state index contributed by atoms with van der Waals surface area (Å²) in [5.74, 6) is 5.93. The zero-order valence-corrected chi connectivity index (χ0v) is 76.7. The number of hydrogen-bond acceptors (Lipinski definition) is 10. The van der Waals surface area contributed by atoms with Crippen LogP contribution < -0.4 is 0 Å². The molecule has 0 atom stereocenters. The van der Waals surface area contributed by atoms with E-state index in [1.807, 2.05) is 193 Å². The number of rotatable bonds is 16. The molecule has 0 unspecified atom stereocenters.